The highest BCUT2D eigenvalue weighted by molar-refractivity contribution is 7.89. The lowest BCUT2D eigenvalue weighted by Gasteiger charge is -2.23. The van der Waals surface area contributed by atoms with Crippen LogP contribution in [0.2, 0.25) is 0 Å². The van der Waals surface area contributed by atoms with Gasteiger partial charge in [-0.25, -0.2) is 13.2 Å². The van der Waals surface area contributed by atoms with E-state index in [0.717, 1.165) is 5.56 Å². The number of nitrogens with one attached hydrogen (secondary N) is 1. The zero-order chi connectivity index (χ0) is 22.9. The SMILES string of the molecule is CCOC(=O)c1cc(S(=O)(=O)N2CCC[C@@H]2C(=O)NCc2ccc3c(c2)OCO3)cn1C. The first-order chi connectivity index (χ1) is 15.3. The average molecular weight is 464 g/mol. The molecule has 0 saturated carbocycles. The van der Waals surface area contributed by atoms with Gasteiger partial charge in [0.1, 0.15) is 16.6 Å². The summed E-state index contributed by atoms with van der Waals surface area (Å²) in [5, 5.41) is 2.82. The van der Waals surface area contributed by atoms with Crippen molar-refractivity contribution in [1.29, 1.82) is 0 Å². The van der Waals surface area contributed by atoms with Crippen LogP contribution in [0.3, 0.4) is 0 Å². The van der Waals surface area contributed by atoms with Crippen LogP contribution in [-0.2, 0) is 33.1 Å². The van der Waals surface area contributed by atoms with Crippen molar-refractivity contribution >= 4 is 21.9 Å². The summed E-state index contributed by atoms with van der Waals surface area (Å²) in [6.45, 7) is 2.49. The third-order valence-corrected chi connectivity index (χ3v) is 7.35. The van der Waals surface area contributed by atoms with Crippen LogP contribution in [0.5, 0.6) is 11.5 Å². The predicted octanol–water partition coefficient (Wildman–Crippen LogP) is 1.40. The van der Waals surface area contributed by atoms with Crippen molar-refractivity contribution in [2.45, 2.75) is 37.2 Å². The van der Waals surface area contributed by atoms with Gasteiger partial charge in [-0.05, 0) is 43.5 Å². The van der Waals surface area contributed by atoms with E-state index < -0.39 is 22.0 Å². The smallest absolute Gasteiger partial charge is 0.354 e. The number of rotatable bonds is 7. The standard InChI is InChI=1S/C21H25N3O7S/c1-3-29-21(26)17-10-15(12-23(17)2)32(27,28)24-8-4-5-16(24)20(25)22-11-14-6-7-18-19(9-14)31-13-30-18/h6-7,9-10,12,16H,3-5,8,11,13H2,1-2H3,(H,22,25)/t16-/m1/s1. The number of fused-ring (bicyclic) bond motifs is 1. The molecule has 1 aromatic carbocycles. The lowest BCUT2D eigenvalue weighted by Crippen LogP contribution is -2.45. The summed E-state index contributed by atoms with van der Waals surface area (Å²) in [7, 11) is -2.39. The van der Waals surface area contributed by atoms with Crippen LogP contribution in [0.1, 0.15) is 35.8 Å². The third-order valence-electron chi connectivity index (χ3n) is 5.48. The molecule has 32 heavy (non-hydrogen) atoms. The molecule has 0 unspecified atom stereocenters. The van der Waals surface area contributed by atoms with E-state index in [1.54, 1.807) is 26.1 Å². The lowest BCUT2D eigenvalue weighted by molar-refractivity contribution is -0.124. The van der Waals surface area contributed by atoms with E-state index in [1.807, 2.05) is 6.07 Å². The Morgan fingerprint density at radius 2 is 2.00 bits per heavy atom. The van der Waals surface area contributed by atoms with Crippen molar-refractivity contribution in [1.82, 2.24) is 14.2 Å². The Balaban J connectivity index is 1.47. The number of aryl methyl sites for hydroxylation is 1. The summed E-state index contributed by atoms with van der Waals surface area (Å²) in [6, 6.07) is 5.84. The maximum absolute atomic E-state index is 13.2. The maximum Gasteiger partial charge on any atom is 0.354 e. The lowest BCUT2D eigenvalue weighted by atomic mass is 10.2. The maximum atomic E-state index is 13.2. The highest BCUT2D eigenvalue weighted by atomic mass is 32.2. The fourth-order valence-electron chi connectivity index (χ4n) is 3.87. The molecule has 10 nitrogen and oxygen atoms in total. The molecule has 0 aliphatic carbocycles. The van der Waals surface area contributed by atoms with Crippen LogP contribution >= 0.6 is 0 Å². The molecular weight excluding hydrogens is 438 g/mol. The number of nitrogens with zero attached hydrogens (tertiary/aromatic N) is 2. The van der Waals surface area contributed by atoms with Crippen LogP contribution < -0.4 is 14.8 Å². The van der Waals surface area contributed by atoms with Gasteiger partial charge in [-0.3, -0.25) is 4.79 Å². The van der Waals surface area contributed by atoms with Crippen LogP contribution in [0.4, 0.5) is 0 Å². The first kappa shape index (κ1) is 22.2. The summed E-state index contributed by atoms with van der Waals surface area (Å²) in [5.74, 6) is 0.294. The molecule has 172 valence electrons. The minimum Gasteiger partial charge on any atom is -0.461 e. The molecule has 1 fully saturated rings. The predicted molar refractivity (Wildman–Crippen MR) is 113 cm³/mol. The number of sulfonamides is 1. The summed E-state index contributed by atoms with van der Waals surface area (Å²) < 4.78 is 44.7. The first-order valence-electron chi connectivity index (χ1n) is 10.3. The van der Waals surface area contributed by atoms with Gasteiger partial charge < -0.3 is 24.1 Å². The molecule has 2 aliphatic heterocycles. The average Bonchev–Trinajstić information content (AvgIpc) is 3.51. The molecule has 1 amide bonds. The molecule has 0 spiro atoms. The fraction of sp³-hybridized carbons (Fsp3) is 0.429. The quantitative estimate of drug-likeness (QED) is 0.617. The van der Waals surface area contributed by atoms with Crippen molar-refractivity contribution in [3.63, 3.8) is 0 Å². The van der Waals surface area contributed by atoms with Crippen molar-refractivity contribution in [2.75, 3.05) is 19.9 Å². The largest absolute Gasteiger partial charge is 0.461 e. The first-order valence-corrected chi connectivity index (χ1v) is 11.8. The molecule has 1 atom stereocenters. The molecule has 0 bridgehead atoms. The highest BCUT2D eigenvalue weighted by Crippen LogP contribution is 2.32. The highest BCUT2D eigenvalue weighted by Gasteiger charge is 2.40. The second-order valence-electron chi connectivity index (χ2n) is 7.57. The number of ether oxygens (including phenoxy) is 3. The number of carbonyl (C=O) groups is 2. The Labute approximate surface area is 186 Å². The number of hydrogen-bond acceptors (Lipinski definition) is 7. The molecule has 4 rings (SSSR count). The number of carbonyl (C=O) groups excluding carboxylic acids is 2. The summed E-state index contributed by atoms with van der Waals surface area (Å²) in [6.07, 6.45) is 2.35. The van der Waals surface area contributed by atoms with Crippen LogP contribution in [0.15, 0.2) is 35.4 Å². The van der Waals surface area contributed by atoms with E-state index in [1.165, 1.54) is 21.1 Å². The molecule has 3 heterocycles. The van der Waals surface area contributed by atoms with Crippen molar-refractivity contribution in [2.24, 2.45) is 7.05 Å². The van der Waals surface area contributed by atoms with Crippen LogP contribution in [0, 0.1) is 0 Å². The van der Waals surface area contributed by atoms with Crippen molar-refractivity contribution in [3.8, 4) is 11.5 Å². The Morgan fingerprint density at radius 1 is 1.22 bits per heavy atom. The van der Waals surface area contributed by atoms with Gasteiger partial charge in [0.15, 0.2) is 11.5 Å². The normalized spacial score (nSPS) is 18.0. The number of esters is 1. The van der Waals surface area contributed by atoms with E-state index in [-0.39, 0.29) is 43.0 Å². The molecule has 1 saturated heterocycles. The third kappa shape index (κ3) is 4.17. The Kier molecular flexibility index (Phi) is 6.11. The number of aromatic nitrogens is 1. The second kappa shape index (κ2) is 8.83. The monoisotopic (exact) mass is 463 g/mol. The van der Waals surface area contributed by atoms with Gasteiger partial charge in [0.2, 0.25) is 22.7 Å². The van der Waals surface area contributed by atoms with Gasteiger partial charge >= 0.3 is 5.97 Å². The van der Waals surface area contributed by atoms with Gasteiger partial charge in [-0.1, -0.05) is 6.07 Å². The van der Waals surface area contributed by atoms with Crippen molar-refractivity contribution in [3.05, 3.63) is 41.7 Å². The van der Waals surface area contributed by atoms with Gasteiger partial charge in [-0.2, -0.15) is 4.31 Å². The minimum atomic E-state index is -3.97. The molecule has 2 aliphatic rings. The zero-order valence-electron chi connectivity index (χ0n) is 17.9. The summed E-state index contributed by atoms with van der Waals surface area (Å²) in [5.41, 5.74) is 0.950. The summed E-state index contributed by atoms with van der Waals surface area (Å²) in [4.78, 5) is 24.9. The van der Waals surface area contributed by atoms with E-state index in [4.69, 9.17) is 14.2 Å². The van der Waals surface area contributed by atoms with E-state index >= 15 is 0 Å². The number of amides is 1. The van der Waals surface area contributed by atoms with E-state index in [0.29, 0.717) is 24.3 Å². The molecule has 1 N–H and O–H groups in total. The molecule has 0 radical (unpaired) electrons. The molecule has 1 aromatic heterocycles. The van der Waals surface area contributed by atoms with Gasteiger partial charge in [-0.15, -0.1) is 0 Å². The Hall–Kier alpha value is -3.05. The summed E-state index contributed by atoms with van der Waals surface area (Å²) >= 11 is 0. The van der Waals surface area contributed by atoms with Gasteiger partial charge in [0.25, 0.3) is 0 Å². The van der Waals surface area contributed by atoms with Crippen LogP contribution in [0.25, 0.3) is 0 Å². The second-order valence-corrected chi connectivity index (χ2v) is 9.46. The molecular formula is C21H25N3O7S. The van der Waals surface area contributed by atoms with Crippen molar-refractivity contribution < 1.29 is 32.2 Å². The molecule has 11 heteroatoms. The van der Waals surface area contributed by atoms with Gasteiger partial charge in [0, 0.05) is 26.3 Å². The zero-order valence-corrected chi connectivity index (χ0v) is 18.7. The van der Waals surface area contributed by atoms with E-state index in [2.05, 4.69) is 5.32 Å². The van der Waals surface area contributed by atoms with Crippen LogP contribution in [-0.4, -0.2) is 55.2 Å². The number of hydrogen-bond donors (Lipinski definition) is 1. The Bertz CT molecular complexity index is 1140. The van der Waals surface area contributed by atoms with Gasteiger partial charge in [0.05, 0.1) is 6.61 Å². The van der Waals surface area contributed by atoms with E-state index in [9.17, 15) is 18.0 Å². The molecule has 2 aromatic rings. The fourth-order valence-corrected chi connectivity index (χ4v) is 5.59. The number of benzene rings is 1. The topological polar surface area (TPSA) is 116 Å². The Morgan fingerprint density at radius 3 is 2.78 bits per heavy atom. The minimum absolute atomic E-state index is 0.0430.